The van der Waals surface area contributed by atoms with Gasteiger partial charge in [-0.2, -0.15) is 0 Å². The van der Waals surface area contributed by atoms with Gasteiger partial charge in [-0.05, 0) is 36.8 Å². The van der Waals surface area contributed by atoms with Gasteiger partial charge in [-0.15, -0.1) is 0 Å². The number of anilines is 1. The summed E-state index contributed by atoms with van der Waals surface area (Å²) in [6, 6.07) is 13.2. The van der Waals surface area contributed by atoms with Crippen molar-refractivity contribution in [3.8, 4) is 0 Å². The third-order valence-electron chi connectivity index (χ3n) is 3.23. The van der Waals surface area contributed by atoms with E-state index in [1.807, 2.05) is 13.0 Å². The summed E-state index contributed by atoms with van der Waals surface area (Å²) in [5.74, 6) is -0.575. The smallest absolute Gasteiger partial charge is 0.291 e. The Morgan fingerprint density at radius 3 is 2.68 bits per heavy atom. The normalized spacial score (nSPS) is 10.6. The van der Waals surface area contributed by atoms with Crippen molar-refractivity contribution in [2.45, 2.75) is 6.92 Å². The second-order valence-corrected chi connectivity index (χ2v) is 5.32. The molecule has 0 saturated carbocycles. The number of aryl methyl sites for hydroxylation is 1. The van der Waals surface area contributed by atoms with Crippen LogP contribution in [-0.4, -0.2) is 5.91 Å². The van der Waals surface area contributed by atoms with Crippen LogP contribution in [0, 0.1) is 6.92 Å². The number of rotatable bonds is 2. The minimum Gasteiger partial charge on any atom is -0.451 e. The van der Waals surface area contributed by atoms with Crippen molar-refractivity contribution in [2.75, 3.05) is 5.32 Å². The van der Waals surface area contributed by atoms with Crippen LogP contribution in [0.5, 0.6) is 0 Å². The summed E-state index contributed by atoms with van der Waals surface area (Å²) in [5, 5.41) is 3.51. The summed E-state index contributed by atoms with van der Waals surface area (Å²) < 4.78 is 5.49. The number of hydrogen-bond acceptors (Lipinski definition) is 3. The van der Waals surface area contributed by atoms with E-state index in [0.717, 1.165) is 5.56 Å². The average Bonchev–Trinajstić information content (AvgIpc) is 2.50. The summed E-state index contributed by atoms with van der Waals surface area (Å²) in [4.78, 5) is 24.2. The number of halogens is 1. The van der Waals surface area contributed by atoms with Crippen LogP contribution in [0.2, 0.25) is 5.02 Å². The molecular formula is C17H12ClNO3. The average molecular weight is 314 g/mol. The standard InChI is InChI=1S/C17H12ClNO3/c1-10-6-7-13(12(18)8-10)19-17(21)16-9-14(20)11-4-2-3-5-15(11)22-16/h2-9H,1H3,(H,19,21). The molecule has 1 amide bonds. The zero-order valence-corrected chi connectivity index (χ0v) is 12.5. The van der Waals surface area contributed by atoms with E-state index in [4.69, 9.17) is 16.0 Å². The topological polar surface area (TPSA) is 59.3 Å². The number of fused-ring (bicyclic) bond motifs is 1. The quantitative estimate of drug-likeness (QED) is 0.777. The SMILES string of the molecule is Cc1ccc(NC(=O)c2cc(=O)c3ccccc3o2)c(Cl)c1. The van der Waals surface area contributed by atoms with Crippen LogP contribution in [0.1, 0.15) is 16.1 Å². The molecule has 0 aliphatic heterocycles. The largest absolute Gasteiger partial charge is 0.451 e. The van der Waals surface area contributed by atoms with E-state index in [2.05, 4.69) is 5.32 Å². The highest BCUT2D eigenvalue weighted by molar-refractivity contribution is 6.34. The maximum absolute atomic E-state index is 12.2. The van der Waals surface area contributed by atoms with E-state index in [0.29, 0.717) is 21.7 Å². The molecule has 0 bridgehead atoms. The van der Waals surface area contributed by atoms with E-state index in [1.165, 1.54) is 6.07 Å². The third-order valence-corrected chi connectivity index (χ3v) is 3.54. The van der Waals surface area contributed by atoms with Gasteiger partial charge in [-0.3, -0.25) is 9.59 Å². The van der Waals surface area contributed by atoms with Crippen LogP contribution < -0.4 is 10.7 Å². The lowest BCUT2D eigenvalue weighted by Gasteiger charge is -2.07. The molecule has 0 radical (unpaired) electrons. The predicted octanol–water partition coefficient (Wildman–Crippen LogP) is 4.01. The first-order valence-corrected chi connectivity index (χ1v) is 7.03. The fourth-order valence-corrected chi connectivity index (χ4v) is 2.40. The fraction of sp³-hybridized carbons (Fsp3) is 0.0588. The minimum absolute atomic E-state index is 0.0552. The van der Waals surface area contributed by atoms with Gasteiger partial charge in [-0.25, -0.2) is 0 Å². The van der Waals surface area contributed by atoms with Crippen LogP contribution in [0.3, 0.4) is 0 Å². The second-order valence-electron chi connectivity index (χ2n) is 4.91. The Hall–Kier alpha value is -2.59. The Balaban J connectivity index is 1.97. The molecule has 0 unspecified atom stereocenters. The highest BCUT2D eigenvalue weighted by Crippen LogP contribution is 2.23. The lowest BCUT2D eigenvalue weighted by atomic mass is 10.2. The predicted molar refractivity (Wildman–Crippen MR) is 86.6 cm³/mol. The van der Waals surface area contributed by atoms with Gasteiger partial charge in [-0.1, -0.05) is 29.8 Å². The monoisotopic (exact) mass is 313 g/mol. The molecule has 1 aromatic heterocycles. The molecule has 0 fully saturated rings. The van der Waals surface area contributed by atoms with E-state index >= 15 is 0 Å². The lowest BCUT2D eigenvalue weighted by molar-refractivity contribution is 0.0997. The molecule has 4 nitrogen and oxygen atoms in total. The van der Waals surface area contributed by atoms with Gasteiger partial charge in [0.2, 0.25) is 0 Å². The van der Waals surface area contributed by atoms with Gasteiger partial charge in [0.05, 0.1) is 16.1 Å². The minimum atomic E-state index is -0.520. The molecule has 5 heteroatoms. The highest BCUT2D eigenvalue weighted by atomic mass is 35.5. The molecule has 1 N–H and O–H groups in total. The van der Waals surface area contributed by atoms with Crippen molar-refractivity contribution in [3.63, 3.8) is 0 Å². The van der Waals surface area contributed by atoms with Crippen molar-refractivity contribution < 1.29 is 9.21 Å². The number of amides is 1. The summed E-state index contributed by atoms with van der Waals surface area (Å²) in [6.45, 7) is 1.90. The number of nitrogens with one attached hydrogen (secondary N) is 1. The van der Waals surface area contributed by atoms with Crippen molar-refractivity contribution in [1.82, 2.24) is 0 Å². The summed E-state index contributed by atoms with van der Waals surface area (Å²) in [7, 11) is 0. The maximum atomic E-state index is 12.2. The van der Waals surface area contributed by atoms with Crippen LogP contribution in [0.4, 0.5) is 5.69 Å². The third kappa shape index (κ3) is 2.73. The number of carbonyl (C=O) groups excluding carboxylic acids is 1. The maximum Gasteiger partial charge on any atom is 0.291 e. The van der Waals surface area contributed by atoms with Crippen molar-refractivity contribution in [3.05, 3.63) is 75.1 Å². The first kappa shape index (κ1) is 14.4. The molecule has 0 saturated heterocycles. The fourth-order valence-electron chi connectivity index (χ4n) is 2.12. The van der Waals surface area contributed by atoms with Crippen LogP contribution >= 0.6 is 11.6 Å². The lowest BCUT2D eigenvalue weighted by Crippen LogP contribution is -2.15. The van der Waals surface area contributed by atoms with Crippen molar-refractivity contribution in [2.24, 2.45) is 0 Å². The van der Waals surface area contributed by atoms with Crippen molar-refractivity contribution in [1.29, 1.82) is 0 Å². The number of benzene rings is 2. The Morgan fingerprint density at radius 1 is 1.14 bits per heavy atom. The zero-order chi connectivity index (χ0) is 15.7. The zero-order valence-electron chi connectivity index (χ0n) is 11.7. The number of carbonyl (C=O) groups is 1. The van der Waals surface area contributed by atoms with Gasteiger partial charge in [0, 0.05) is 6.07 Å². The second kappa shape index (κ2) is 5.66. The van der Waals surface area contributed by atoms with E-state index in [1.54, 1.807) is 36.4 Å². The molecule has 22 heavy (non-hydrogen) atoms. The Morgan fingerprint density at radius 2 is 1.91 bits per heavy atom. The molecule has 0 aliphatic carbocycles. The first-order chi connectivity index (χ1) is 10.5. The molecule has 0 spiro atoms. The van der Waals surface area contributed by atoms with Gasteiger partial charge >= 0.3 is 0 Å². The van der Waals surface area contributed by atoms with E-state index in [-0.39, 0.29) is 11.2 Å². The Labute approximate surface area is 131 Å². The van der Waals surface area contributed by atoms with Gasteiger partial charge in [0.25, 0.3) is 5.91 Å². The summed E-state index contributed by atoms with van der Waals surface area (Å²) in [5.41, 5.74) is 1.56. The Kier molecular flexibility index (Phi) is 3.69. The van der Waals surface area contributed by atoms with Crippen molar-refractivity contribution >= 4 is 34.2 Å². The summed E-state index contributed by atoms with van der Waals surface area (Å²) >= 11 is 6.08. The Bertz CT molecular complexity index is 931. The molecule has 1 heterocycles. The first-order valence-electron chi connectivity index (χ1n) is 6.65. The number of hydrogen-bond donors (Lipinski definition) is 1. The molecule has 0 atom stereocenters. The number of para-hydroxylation sites is 1. The van der Waals surface area contributed by atoms with Crippen LogP contribution in [0.15, 0.2) is 57.7 Å². The molecule has 2 aromatic carbocycles. The van der Waals surface area contributed by atoms with Gasteiger partial charge < -0.3 is 9.73 Å². The molecule has 110 valence electrons. The highest BCUT2D eigenvalue weighted by Gasteiger charge is 2.13. The molecule has 3 rings (SSSR count). The van der Waals surface area contributed by atoms with Gasteiger partial charge in [0.15, 0.2) is 11.2 Å². The van der Waals surface area contributed by atoms with Crippen LogP contribution in [0.25, 0.3) is 11.0 Å². The summed E-state index contributed by atoms with van der Waals surface area (Å²) in [6.07, 6.45) is 0. The van der Waals surface area contributed by atoms with E-state index < -0.39 is 5.91 Å². The van der Waals surface area contributed by atoms with E-state index in [9.17, 15) is 9.59 Å². The van der Waals surface area contributed by atoms with Crippen LogP contribution in [-0.2, 0) is 0 Å². The molecule has 0 aliphatic rings. The molecule has 3 aromatic rings. The van der Waals surface area contributed by atoms with Gasteiger partial charge in [0.1, 0.15) is 5.58 Å². The molecular weight excluding hydrogens is 302 g/mol.